The number of ketones is 1. The zero-order chi connectivity index (χ0) is 25.4. The van der Waals surface area contributed by atoms with E-state index in [2.05, 4.69) is 0 Å². The quantitative estimate of drug-likeness (QED) is 0.270. The summed E-state index contributed by atoms with van der Waals surface area (Å²) < 4.78 is 16.1. The van der Waals surface area contributed by atoms with Gasteiger partial charge in [-0.3, -0.25) is 14.4 Å². The minimum atomic E-state index is -1.41. The Kier molecular flexibility index (Phi) is 7.77. The molecule has 1 aliphatic rings. The second kappa shape index (κ2) is 9.52. The highest BCUT2D eigenvalue weighted by atomic mass is 32.1. The van der Waals surface area contributed by atoms with Crippen LogP contribution in [-0.2, 0) is 46.5 Å². The summed E-state index contributed by atoms with van der Waals surface area (Å²) in [5.41, 5.74) is -1.89. The molecule has 0 unspecified atom stereocenters. The molecule has 0 spiro atoms. The number of hydroxylamine groups is 1. The van der Waals surface area contributed by atoms with Crippen LogP contribution in [0.2, 0.25) is 0 Å². The molecule has 0 radical (unpaired) electrons. The number of carbonyl (C=O) groups is 4. The minimum Gasteiger partial charge on any atom is -0.456 e. The van der Waals surface area contributed by atoms with E-state index in [1.54, 1.807) is 62.3 Å². The lowest BCUT2D eigenvalue weighted by molar-refractivity contribution is -0.166. The summed E-state index contributed by atoms with van der Waals surface area (Å²) in [7, 11) is 0. The van der Waals surface area contributed by atoms with Gasteiger partial charge in [-0.25, -0.2) is 9.59 Å². The molecule has 1 aliphatic heterocycles. The van der Waals surface area contributed by atoms with Crippen molar-refractivity contribution < 1.29 is 38.2 Å². The topological polar surface area (TPSA) is 108 Å². The van der Waals surface area contributed by atoms with Crippen LogP contribution in [0.25, 0.3) is 0 Å². The second-order valence-electron chi connectivity index (χ2n) is 10.6. The Labute approximate surface area is 198 Å². The van der Waals surface area contributed by atoms with Crippen molar-refractivity contribution in [3.05, 3.63) is 16.0 Å². The highest BCUT2D eigenvalue weighted by molar-refractivity contribution is 7.17. The van der Waals surface area contributed by atoms with Crippen molar-refractivity contribution in [2.45, 2.75) is 92.1 Å². The summed E-state index contributed by atoms with van der Waals surface area (Å²) in [4.78, 5) is 57.9. The minimum absolute atomic E-state index is 0.0663. The maximum Gasteiger partial charge on any atom is 0.385 e. The van der Waals surface area contributed by atoms with Gasteiger partial charge in [0, 0.05) is 4.88 Å². The molecule has 2 rings (SSSR count). The Balaban J connectivity index is 2.59. The van der Waals surface area contributed by atoms with Gasteiger partial charge in [0.05, 0.1) is 18.8 Å². The summed E-state index contributed by atoms with van der Waals surface area (Å²) in [5, 5.41) is 0.783. The molecule has 1 aromatic heterocycles. The summed E-state index contributed by atoms with van der Waals surface area (Å²) in [5.74, 6) is -4.63. The van der Waals surface area contributed by atoms with Crippen molar-refractivity contribution >= 4 is 40.0 Å². The molecule has 10 heteroatoms. The predicted octanol–water partition coefficient (Wildman–Crippen LogP) is 3.75. The van der Waals surface area contributed by atoms with E-state index in [1.165, 1.54) is 0 Å². The second-order valence-corrected chi connectivity index (χ2v) is 11.7. The summed E-state index contributed by atoms with van der Waals surface area (Å²) >= 11 is 1.09. The first kappa shape index (κ1) is 26.9. The number of ether oxygens (including phenoxy) is 3. The van der Waals surface area contributed by atoms with E-state index < -0.39 is 40.4 Å². The zero-order valence-electron chi connectivity index (χ0n) is 20.7. The number of Topliss-reactive ketones (excluding diaryl/α,β-unsaturated/α-hetero) is 1. The van der Waals surface area contributed by atoms with Crippen LogP contribution in [-0.4, -0.2) is 47.0 Å². The molecule has 0 bridgehead atoms. The van der Waals surface area contributed by atoms with E-state index in [4.69, 9.17) is 19.0 Å². The first-order valence-corrected chi connectivity index (χ1v) is 11.5. The molecule has 1 amide bonds. The maximum absolute atomic E-state index is 13.2. The number of carbonyl (C=O) groups excluding carboxylic acids is 4. The third kappa shape index (κ3) is 7.35. The van der Waals surface area contributed by atoms with Gasteiger partial charge < -0.3 is 14.2 Å². The SMILES string of the molecule is CC(C)(C)OC(=O)C(=O)C(=O)N(OC(C)(C)C)c1sc2c(c1C(=O)OC(C)(C)C)CCOC2. The molecular formula is C23H33NO8S. The molecule has 2 heterocycles. The van der Waals surface area contributed by atoms with Gasteiger partial charge in [-0.15, -0.1) is 11.3 Å². The number of esters is 2. The highest BCUT2D eigenvalue weighted by Crippen LogP contribution is 2.41. The monoisotopic (exact) mass is 483 g/mol. The van der Waals surface area contributed by atoms with Gasteiger partial charge in [0.2, 0.25) is 0 Å². The third-order valence-corrected chi connectivity index (χ3v) is 5.09. The normalized spacial score (nSPS) is 14.3. The Hall–Kier alpha value is -2.30. The zero-order valence-corrected chi connectivity index (χ0v) is 21.6. The van der Waals surface area contributed by atoms with Crippen molar-refractivity contribution in [2.24, 2.45) is 0 Å². The number of rotatable bonds is 5. The molecule has 0 aromatic carbocycles. The summed E-state index contributed by atoms with van der Waals surface area (Å²) in [6, 6.07) is 0. The molecule has 1 aromatic rings. The number of hydrogen-bond donors (Lipinski definition) is 0. The van der Waals surface area contributed by atoms with E-state index >= 15 is 0 Å². The standard InChI is InChI=1S/C23H33NO8S/c1-21(2,3)30-19(27)15-13-10-11-29-12-14(13)33-18(15)24(32-23(7,8)9)17(26)16(25)20(28)31-22(4,5)6/h10-12H2,1-9H3. The van der Waals surface area contributed by atoms with E-state index in [0.717, 1.165) is 16.2 Å². The fraction of sp³-hybridized carbons (Fsp3) is 0.652. The van der Waals surface area contributed by atoms with Crippen molar-refractivity contribution in [1.82, 2.24) is 0 Å². The van der Waals surface area contributed by atoms with Crippen molar-refractivity contribution in [1.29, 1.82) is 0 Å². The lowest BCUT2D eigenvalue weighted by Crippen LogP contribution is -2.46. The number of thiophene rings is 1. The van der Waals surface area contributed by atoms with Crippen LogP contribution in [0, 0.1) is 0 Å². The smallest absolute Gasteiger partial charge is 0.385 e. The molecular weight excluding hydrogens is 450 g/mol. The fourth-order valence-electron chi connectivity index (χ4n) is 2.85. The van der Waals surface area contributed by atoms with Gasteiger partial charge >= 0.3 is 23.6 Å². The predicted molar refractivity (Wildman–Crippen MR) is 122 cm³/mol. The lowest BCUT2D eigenvalue weighted by Gasteiger charge is -2.29. The highest BCUT2D eigenvalue weighted by Gasteiger charge is 2.40. The number of anilines is 1. The van der Waals surface area contributed by atoms with Crippen molar-refractivity contribution in [3.63, 3.8) is 0 Å². The third-order valence-electron chi connectivity index (χ3n) is 3.92. The van der Waals surface area contributed by atoms with Crippen LogP contribution >= 0.6 is 11.3 Å². The van der Waals surface area contributed by atoms with Gasteiger partial charge in [-0.2, -0.15) is 5.06 Å². The fourth-order valence-corrected chi connectivity index (χ4v) is 4.07. The van der Waals surface area contributed by atoms with E-state index in [1.807, 2.05) is 0 Å². The van der Waals surface area contributed by atoms with Gasteiger partial charge in [-0.1, -0.05) is 0 Å². The molecule has 33 heavy (non-hydrogen) atoms. The lowest BCUT2D eigenvalue weighted by atomic mass is 10.1. The number of hydrogen-bond acceptors (Lipinski definition) is 9. The Bertz CT molecular complexity index is 943. The van der Waals surface area contributed by atoms with E-state index in [0.29, 0.717) is 23.7 Å². The van der Waals surface area contributed by atoms with Gasteiger partial charge in [0.25, 0.3) is 0 Å². The average molecular weight is 484 g/mol. The summed E-state index contributed by atoms with van der Waals surface area (Å²) in [6.45, 7) is 15.6. The van der Waals surface area contributed by atoms with Crippen LogP contribution in [0.3, 0.4) is 0 Å². The molecule has 0 atom stereocenters. The van der Waals surface area contributed by atoms with Crippen molar-refractivity contribution in [2.75, 3.05) is 11.7 Å². The molecule has 0 saturated carbocycles. The number of fused-ring (bicyclic) bond motifs is 1. The van der Waals surface area contributed by atoms with Crippen LogP contribution < -0.4 is 5.06 Å². The van der Waals surface area contributed by atoms with Crippen LogP contribution in [0.1, 0.15) is 83.1 Å². The first-order valence-electron chi connectivity index (χ1n) is 10.7. The molecule has 0 saturated heterocycles. The van der Waals surface area contributed by atoms with Crippen molar-refractivity contribution in [3.8, 4) is 0 Å². The molecule has 0 N–H and O–H groups in total. The first-order chi connectivity index (χ1) is 14.9. The number of nitrogens with zero attached hydrogens (tertiary/aromatic N) is 1. The van der Waals surface area contributed by atoms with E-state index in [-0.39, 0.29) is 17.2 Å². The maximum atomic E-state index is 13.2. The summed E-state index contributed by atoms with van der Waals surface area (Å²) in [6.07, 6.45) is 0.429. The number of amides is 1. The van der Waals surface area contributed by atoms with Gasteiger partial charge in [0.1, 0.15) is 21.8 Å². The Morgan fingerprint density at radius 1 is 0.879 bits per heavy atom. The Morgan fingerprint density at radius 3 is 1.97 bits per heavy atom. The molecule has 9 nitrogen and oxygen atoms in total. The van der Waals surface area contributed by atoms with Crippen LogP contribution in [0.5, 0.6) is 0 Å². The average Bonchev–Trinajstić information content (AvgIpc) is 3.00. The van der Waals surface area contributed by atoms with Crippen LogP contribution in [0.15, 0.2) is 0 Å². The molecule has 0 fully saturated rings. The molecule has 184 valence electrons. The Morgan fingerprint density at radius 2 is 1.45 bits per heavy atom. The largest absolute Gasteiger partial charge is 0.456 e. The van der Waals surface area contributed by atoms with Gasteiger partial charge in [-0.05, 0) is 74.3 Å². The molecule has 0 aliphatic carbocycles. The van der Waals surface area contributed by atoms with Gasteiger partial charge in [0.15, 0.2) is 0 Å². The van der Waals surface area contributed by atoms with E-state index in [9.17, 15) is 19.2 Å². The van der Waals surface area contributed by atoms with Crippen LogP contribution in [0.4, 0.5) is 5.00 Å².